The van der Waals surface area contributed by atoms with Crippen LogP contribution in [0.15, 0.2) is 58.7 Å². The van der Waals surface area contributed by atoms with E-state index in [0.29, 0.717) is 98.7 Å². The monoisotopic (exact) mass is 846 g/mol. The van der Waals surface area contributed by atoms with Gasteiger partial charge in [-0.25, -0.2) is 0 Å². The van der Waals surface area contributed by atoms with Crippen LogP contribution in [0.4, 0.5) is 0 Å². The zero-order valence-corrected chi connectivity index (χ0v) is 38.6. The van der Waals surface area contributed by atoms with Gasteiger partial charge in [-0.1, -0.05) is 75.6 Å². The Labute approximate surface area is 363 Å². The molecule has 1 aliphatic carbocycles. The third-order valence-electron chi connectivity index (χ3n) is 10.1. The van der Waals surface area contributed by atoms with Crippen LogP contribution < -0.4 is 16.0 Å². The number of hydrogen-bond acceptors (Lipinski definition) is 9. The zero-order valence-electron chi connectivity index (χ0n) is 38.6. The van der Waals surface area contributed by atoms with E-state index in [0.717, 1.165) is 57.1 Å². The molecule has 0 fully saturated rings. The highest BCUT2D eigenvalue weighted by atomic mass is 16.5. The van der Waals surface area contributed by atoms with Gasteiger partial charge in [-0.3, -0.25) is 14.4 Å². The molecule has 0 aromatic carbocycles. The summed E-state index contributed by atoms with van der Waals surface area (Å²) in [5.41, 5.74) is 5.24. The van der Waals surface area contributed by atoms with Crippen LogP contribution in [0.2, 0.25) is 0 Å². The number of allylic oxidation sites excluding steroid dienone is 9. The topological polar surface area (TPSA) is 143 Å². The Kier molecular flexibility index (Phi) is 33.4. The van der Waals surface area contributed by atoms with Crippen molar-refractivity contribution < 1.29 is 42.8 Å². The zero-order chi connectivity index (χ0) is 44.1. The van der Waals surface area contributed by atoms with Crippen LogP contribution in [0, 0.1) is 11.3 Å². The van der Waals surface area contributed by atoms with Crippen LogP contribution in [-0.4, -0.2) is 117 Å². The van der Waals surface area contributed by atoms with Gasteiger partial charge in [0.2, 0.25) is 17.7 Å². The molecule has 0 heterocycles. The summed E-state index contributed by atoms with van der Waals surface area (Å²) >= 11 is 0. The third kappa shape index (κ3) is 30.0. The Bertz CT molecular complexity index is 1320. The lowest BCUT2D eigenvalue weighted by molar-refractivity contribution is -0.125. The normalized spacial score (nSPS) is 15.2. The number of amides is 3. The van der Waals surface area contributed by atoms with Crippen LogP contribution in [0.1, 0.15) is 119 Å². The number of nitrogens with one attached hydrogen (secondary N) is 3. The summed E-state index contributed by atoms with van der Waals surface area (Å²) in [7, 11) is 0. The van der Waals surface area contributed by atoms with Gasteiger partial charge >= 0.3 is 0 Å². The highest BCUT2D eigenvalue weighted by molar-refractivity contribution is 5.88. The number of hydrogen-bond donors (Lipinski definition) is 3. The molecule has 0 saturated heterocycles. The number of rotatable bonds is 37. The van der Waals surface area contributed by atoms with Crippen LogP contribution >= 0.6 is 0 Å². The fourth-order valence-electron chi connectivity index (χ4n) is 6.60. The van der Waals surface area contributed by atoms with Crippen LogP contribution in [0.5, 0.6) is 0 Å². The summed E-state index contributed by atoms with van der Waals surface area (Å²) in [6.45, 7) is 23.0. The summed E-state index contributed by atoms with van der Waals surface area (Å²) < 4.78 is 32.9. The summed E-state index contributed by atoms with van der Waals surface area (Å²) in [4.78, 5) is 37.0. The van der Waals surface area contributed by atoms with Gasteiger partial charge in [-0.15, -0.1) is 0 Å². The van der Waals surface area contributed by atoms with Gasteiger partial charge in [0.25, 0.3) is 0 Å². The van der Waals surface area contributed by atoms with Gasteiger partial charge < -0.3 is 44.4 Å². The minimum Gasteiger partial charge on any atom is -0.379 e. The molecule has 0 bridgehead atoms. The number of carbonyl (C=O) groups excluding carboxylic acids is 3. The van der Waals surface area contributed by atoms with Crippen molar-refractivity contribution in [2.75, 3.05) is 98.9 Å². The summed E-state index contributed by atoms with van der Waals surface area (Å²) in [6.07, 6.45) is 21.8. The van der Waals surface area contributed by atoms with Crippen molar-refractivity contribution >= 4 is 17.7 Å². The maximum atomic E-state index is 12.7. The van der Waals surface area contributed by atoms with Crippen molar-refractivity contribution in [3.63, 3.8) is 0 Å². The molecule has 1 aliphatic rings. The van der Waals surface area contributed by atoms with E-state index in [4.69, 9.17) is 28.4 Å². The Morgan fingerprint density at radius 2 is 1.25 bits per heavy atom. The third-order valence-corrected chi connectivity index (χ3v) is 10.1. The first-order chi connectivity index (χ1) is 29.0. The lowest BCUT2D eigenvalue weighted by atomic mass is 9.72. The molecular formula is C48H83N3O9. The first-order valence-electron chi connectivity index (χ1n) is 22.7. The van der Waals surface area contributed by atoms with Crippen molar-refractivity contribution in [2.24, 2.45) is 11.3 Å². The summed E-state index contributed by atoms with van der Waals surface area (Å²) in [5.74, 6) is -0.0939. The Hall–Kier alpha value is -3.13. The molecule has 1 atom stereocenters. The van der Waals surface area contributed by atoms with E-state index in [-0.39, 0.29) is 29.1 Å². The first kappa shape index (κ1) is 54.9. The standard InChI is InChI=1S/C48H83N3O9/c1-8-27-55-31-35-59-38-34-58-30-22-45(52)49-25-14-28-56-32-36-60-37-33-57-29-15-26-51-47(54)43(9-2)19-10-11-24-50-46(53)39-41(4)17-12-16-40(3)20-21-44-42(5)18-13-23-48(44,6)7/h12,16-17,20-21,39,43H,8-11,13-15,18-19,22-38H2,1-7H3,(H,49,52)(H,50,53)(H,51,54)/b17-12+,21-20+,40-16+,41-39+/t43-/m0/s1. The van der Waals surface area contributed by atoms with Gasteiger partial charge in [0, 0.05) is 57.9 Å². The van der Waals surface area contributed by atoms with Crippen molar-refractivity contribution in [3.8, 4) is 0 Å². The average molecular weight is 846 g/mol. The van der Waals surface area contributed by atoms with Gasteiger partial charge in [-0.2, -0.15) is 0 Å². The minimum atomic E-state index is -0.0981. The van der Waals surface area contributed by atoms with E-state index in [9.17, 15) is 14.4 Å². The second-order valence-electron chi connectivity index (χ2n) is 16.1. The van der Waals surface area contributed by atoms with Crippen molar-refractivity contribution in [2.45, 2.75) is 119 Å². The van der Waals surface area contributed by atoms with Crippen LogP contribution in [0.3, 0.4) is 0 Å². The van der Waals surface area contributed by atoms with Crippen molar-refractivity contribution in [1.29, 1.82) is 0 Å². The molecule has 0 radical (unpaired) electrons. The molecule has 0 aromatic heterocycles. The number of unbranched alkanes of at least 4 members (excludes halogenated alkanes) is 1. The largest absolute Gasteiger partial charge is 0.379 e. The molecule has 1 rings (SSSR count). The van der Waals surface area contributed by atoms with Crippen molar-refractivity contribution in [3.05, 3.63) is 58.7 Å². The Morgan fingerprint density at radius 1 is 0.683 bits per heavy atom. The molecule has 344 valence electrons. The maximum absolute atomic E-state index is 12.7. The van der Waals surface area contributed by atoms with Crippen LogP contribution in [-0.2, 0) is 42.8 Å². The fraction of sp³-hybridized carbons (Fsp3) is 0.729. The Balaban J connectivity index is 1.99. The van der Waals surface area contributed by atoms with Gasteiger partial charge in [0.15, 0.2) is 0 Å². The molecule has 0 saturated carbocycles. The van der Waals surface area contributed by atoms with E-state index in [1.807, 2.05) is 26.0 Å². The average Bonchev–Trinajstić information content (AvgIpc) is 3.20. The molecule has 0 aromatic rings. The lowest BCUT2D eigenvalue weighted by Gasteiger charge is -2.32. The molecule has 3 amide bonds. The van der Waals surface area contributed by atoms with E-state index in [2.05, 4.69) is 68.8 Å². The predicted molar refractivity (Wildman–Crippen MR) is 242 cm³/mol. The predicted octanol–water partition coefficient (Wildman–Crippen LogP) is 7.74. The van der Waals surface area contributed by atoms with Gasteiger partial charge in [0.1, 0.15) is 0 Å². The Morgan fingerprint density at radius 3 is 1.85 bits per heavy atom. The highest BCUT2D eigenvalue weighted by Gasteiger charge is 2.26. The van der Waals surface area contributed by atoms with E-state index >= 15 is 0 Å². The number of carbonyl (C=O) groups is 3. The van der Waals surface area contributed by atoms with E-state index in [1.54, 1.807) is 6.08 Å². The molecule has 3 N–H and O–H groups in total. The molecule has 0 unspecified atom stereocenters. The van der Waals surface area contributed by atoms with Gasteiger partial charge in [-0.05, 0) is 95.1 Å². The lowest BCUT2D eigenvalue weighted by Crippen LogP contribution is -2.32. The van der Waals surface area contributed by atoms with E-state index < -0.39 is 0 Å². The minimum absolute atomic E-state index is 0.0351. The molecular weight excluding hydrogens is 763 g/mol. The second-order valence-corrected chi connectivity index (χ2v) is 16.1. The van der Waals surface area contributed by atoms with Gasteiger partial charge in [0.05, 0.1) is 59.5 Å². The smallest absolute Gasteiger partial charge is 0.244 e. The maximum Gasteiger partial charge on any atom is 0.244 e. The molecule has 12 heteroatoms. The molecule has 12 nitrogen and oxygen atoms in total. The van der Waals surface area contributed by atoms with E-state index in [1.165, 1.54) is 36.0 Å². The highest BCUT2D eigenvalue weighted by Crippen LogP contribution is 2.40. The second kappa shape index (κ2) is 36.5. The quantitative estimate of drug-likeness (QED) is 0.0325. The number of ether oxygens (including phenoxy) is 6. The SMILES string of the molecule is CCCOCCOCCOCCC(=O)NCCCOCCOCCOCCCNC(=O)[C@@H](CC)CCCCNC(=O)/C=C(C)/C=C/C=C(C)/C=C/C1=C(C)CCCC1(C)C. The molecule has 0 spiro atoms. The van der Waals surface area contributed by atoms with Crippen LogP contribution in [0.25, 0.3) is 0 Å². The molecule has 0 aliphatic heterocycles. The first-order valence-corrected chi connectivity index (χ1v) is 22.7. The van der Waals surface area contributed by atoms with Crippen molar-refractivity contribution in [1.82, 2.24) is 16.0 Å². The molecule has 60 heavy (non-hydrogen) atoms. The summed E-state index contributed by atoms with van der Waals surface area (Å²) in [6, 6.07) is 0. The summed E-state index contributed by atoms with van der Waals surface area (Å²) in [5, 5.41) is 8.88. The fourth-order valence-corrected chi connectivity index (χ4v) is 6.60.